The summed E-state index contributed by atoms with van der Waals surface area (Å²) in [5.41, 5.74) is 3.11. The molecule has 36 heavy (non-hydrogen) atoms. The van der Waals surface area contributed by atoms with Gasteiger partial charge in [-0.3, -0.25) is 14.7 Å². The van der Waals surface area contributed by atoms with Crippen LogP contribution in [0.5, 0.6) is 5.75 Å². The fraction of sp³-hybridized carbons (Fsp3) is 0.370. The summed E-state index contributed by atoms with van der Waals surface area (Å²) in [4.78, 5) is 32.0. The first-order valence-corrected chi connectivity index (χ1v) is 11.8. The lowest BCUT2D eigenvalue weighted by atomic mass is 10.1. The van der Waals surface area contributed by atoms with Gasteiger partial charge in [0.2, 0.25) is 11.9 Å². The summed E-state index contributed by atoms with van der Waals surface area (Å²) in [6, 6.07) is 15.1. The molecule has 1 aromatic heterocycles. The maximum absolute atomic E-state index is 13.1. The minimum atomic E-state index is -0.437. The highest BCUT2D eigenvalue weighted by molar-refractivity contribution is 5.93. The van der Waals surface area contributed by atoms with Crippen molar-refractivity contribution < 1.29 is 19.1 Å². The first-order valence-electron chi connectivity index (χ1n) is 11.8. The van der Waals surface area contributed by atoms with Crippen LogP contribution in [0, 0.1) is 6.92 Å². The Kier molecular flexibility index (Phi) is 8.71. The lowest BCUT2D eigenvalue weighted by Gasteiger charge is -2.28. The van der Waals surface area contributed by atoms with Gasteiger partial charge in [-0.15, -0.1) is 0 Å². The molecular formula is C27H35N5O4. The third-order valence-electron chi connectivity index (χ3n) is 5.32. The number of anilines is 1. The molecule has 0 bridgehead atoms. The van der Waals surface area contributed by atoms with Crippen LogP contribution in [0.1, 0.15) is 26.3 Å². The monoisotopic (exact) mass is 493 g/mol. The number of carbonyl (C=O) groups excluding carboxylic acids is 2. The van der Waals surface area contributed by atoms with E-state index in [2.05, 4.69) is 10.6 Å². The van der Waals surface area contributed by atoms with Gasteiger partial charge in [0.05, 0.1) is 19.4 Å². The number of benzene rings is 2. The van der Waals surface area contributed by atoms with Crippen molar-refractivity contribution in [3.63, 3.8) is 0 Å². The number of hydrogen-bond donors (Lipinski definition) is 2. The zero-order chi connectivity index (χ0) is 26.3. The second-order valence-electron chi connectivity index (χ2n) is 9.53. The molecule has 0 fully saturated rings. The topological polar surface area (TPSA) is 97.7 Å². The number of amides is 3. The van der Waals surface area contributed by atoms with Gasteiger partial charge >= 0.3 is 6.03 Å². The quantitative estimate of drug-likeness (QED) is 0.464. The largest absolute Gasteiger partial charge is 0.497 e. The maximum atomic E-state index is 13.1. The van der Waals surface area contributed by atoms with E-state index in [0.717, 1.165) is 22.6 Å². The first-order chi connectivity index (χ1) is 17.1. The fourth-order valence-electron chi connectivity index (χ4n) is 3.46. The number of rotatable bonds is 9. The van der Waals surface area contributed by atoms with Crippen molar-refractivity contribution in [3.05, 3.63) is 60.3 Å². The van der Waals surface area contributed by atoms with Crippen molar-refractivity contribution in [2.75, 3.05) is 39.2 Å². The normalized spacial score (nSPS) is 11.2. The highest BCUT2D eigenvalue weighted by atomic mass is 16.5. The Balaban J connectivity index is 1.88. The molecule has 192 valence electrons. The summed E-state index contributed by atoms with van der Waals surface area (Å²) in [7, 11) is 3.17. The Bertz CT molecular complexity index is 1160. The third kappa shape index (κ3) is 7.32. The summed E-state index contributed by atoms with van der Waals surface area (Å²) in [6.45, 7) is 8.11. The molecule has 3 aromatic rings. The van der Waals surface area contributed by atoms with Crippen LogP contribution >= 0.6 is 0 Å². The molecule has 0 spiro atoms. The maximum Gasteiger partial charge on any atom is 0.318 e. The van der Waals surface area contributed by atoms with Crippen LogP contribution < -0.4 is 15.4 Å². The van der Waals surface area contributed by atoms with Crippen molar-refractivity contribution in [2.24, 2.45) is 0 Å². The van der Waals surface area contributed by atoms with Gasteiger partial charge in [0.1, 0.15) is 12.3 Å². The number of aryl methyl sites for hydroxylation is 1. The number of nitrogens with zero attached hydrogens (tertiary/aromatic N) is 3. The van der Waals surface area contributed by atoms with E-state index in [1.54, 1.807) is 14.2 Å². The second-order valence-corrected chi connectivity index (χ2v) is 9.53. The van der Waals surface area contributed by atoms with Crippen LogP contribution in [0.4, 0.5) is 10.7 Å². The van der Waals surface area contributed by atoms with Crippen molar-refractivity contribution in [2.45, 2.75) is 33.2 Å². The SMILES string of the molecule is COCCN(CC(=O)Nc1nc(-c2ccc(OC)cc2)cn1-c1ccc(C)cc1)C(=O)NC(C)(C)C. The van der Waals surface area contributed by atoms with E-state index in [-0.39, 0.29) is 25.0 Å². The van der Waals surface area contributed by atoms with E-state index < -0.39 is 5.54 Å². The average molecular weight is 494 g/mol. The number of ether oxygens (including phenoxy) is 2. The number of aromatic nitrogens is 2. The van der Waals surface area contributed by atoms with Gasteiger partial charge in [0.25, 0.3) is 0 Å². The predicted octanol–water partition coefficient (Wildman–Crippen LogP) is 4.25. The van der Waals surface area contributed by atoms with E-state index in [1.165, 1.54) is 4.90 Å². The third-order valence-corrected chi connectivity index (χ3v) is 5.32. The number of urea groups is 1. The Labute approximate surface area is 212 Å². The van der Waals surface area contributed by atoms with Crippen LogP contribution in [0.15, 0.2) is 54.7 Å². The van der Waals surface area contributed by atoms with E-state index >= 15 is 0 Å². The first kappa shape index (κ1) is 26.7. The highest BCUT2D eigenvalue weighted by Crippen LogP contribution is 2.26. The van der Waals surface area contributed by atoms with E-state index in [4.69, 9.17) is 14.5 Å². The summed E-state index contributed by atoms with van der Waals surface area (Å²) >= 11 is 0. The van der Waals surface area contributed by atoms with Gasteiger partial charge in [-0.2, -0.15) is 0 Å². The molecule has 3 amide bonds. The minimum absolute atomic E-state index is 0.149. The lowest BCUT2D eigenvalue weighted by Crippen LogP contribution is -2.51. The van der Waals surface area contributed by atoms with Crippen LogP contribution in [0.25, 0.3) is 16.9 Å². The van der Waals surface area contributed by atoms with Crippen molar-refractivity contribution in [1.82, 2.24) is 19.8 Å². The Morgan fingerprint density at radius 1 is 1.03 bits per heavy atom. The summed E-state index contributed by atoms with van der Waals surface area (Å²) in [5, 5.41) is 5.78. The fourth-order valence-corrected chi connectivity index (χ4v) is 3.46. The van der Waals surface area contributed by atoms with Gasteiger partial charge < -0.3 is 19.7 Å². The predicted molar refractivity (Wildman–Crippen MR) is 141 cm³/mol. The molecule has 0 aliphatic carbocycles. The standard InChI is InChI=1S/C27H35N5O4/c1-19-7-11-21(12-8-19)32-17-23(20-9-13-22(36-6)14-10-20)28-25(32)29-24(33)18-31(15-16-35-5)26(34)30-27(2,3)4/h7-14,17H,15-16,18H2,1-6H3,(H,30,34)(H,28,29,33). The van der Waals surface area contributed by atoms with Crippen LogP contribution in [0.2, 0.25) is 0 Å². The number of methoxy groups -OCH3 is 2. The van der Waals surface area contributed by atoms with Crippen molar-refractivity contribution in [3.8, 4) is 22.7 Å². The smallest absolute Gasteiger partial charge is 0.318 e. The molecule has 9 nitrogen and oxygen atoms in total. The van der Waals surface area contributed by atoms with E-state index in [1.807, 2.05) is 87.0 Å². The van der Waals surface area contributed by atoms with Gasteiger partial charge in [-0.1, -0.05) is 17.7 Å². The van der Waals surface area contributed by atoms with Crippen molar-refractivity contribution >= 4 is 17.9 Å². The molecule has 9 heteroatoms. The molecule has 0 aliphatic heterocycles. The summed E-state index contributed by atoms with van der Waals surface area (Å²) < 4.78 is 12.2. The van der Waals surface area contributed by atoms with Gasteiger partial charge in [-0.25, -0.2) is 9.78 Å². The second kappa shape index (κ2) is 11.7. The molecule has 0 unspecified atom stereocenters. The van der Waals surface area contributed by atoms with Gasteiger partial charge in [0.15, 0.2) is 0 Å². The molecular weight excluding hydrogens is 458 g/mol. The number of carbonyl (C=O) groups is 2. The van der Waals surface area contributed by atoms with Gasteiger partial charge in [-0.05, 0) is 64.1 Å². The Morgan fingerprint density at radius 3 is 2.28 bits per heavy atom. The minimum Gasteiger partial charge on any atom is -0.497 e. The molecule has 1 heterocycles. The van der Waals surface area contributed by atoms with Gasteiger partial charge in [0, 0.05) is 36.6 Å². The number of nitrogens with one attached hydrogen (secondary N) is 2. The molecule has 0 saturated carbocycles. The van der Waals surface area contributed by atoms with Crippen LogP contribution in [-0.4, -0.2) is 65.8 Å². The molecule has 0 radical (unpaired) electrons. The van der Waals surface area contributed by atoms with E-state index in [0.29, 0.717) is 18.2 Å². The zero-order valence-corrected chi connectivity index (χ0v) is 21.8. The number of imidazole rings is 1. The lowest BCUT2D eigenvalue weighted by molar-refractivity contribution is -0.117. The molecule has 2 aromatic carbocycles. The van der Waals surface area contributed by atoms with Crippen LogP contribution in [0.3, 0.4) is 0 Å². The molecule has 2 N–H and O–H groups in total. The van der Waals surface area contributed by atoms with Crippen molar-refractivity contribution in [1.29, 1.82) is 0 Å². The average Bonchev–Trinajstić information content (AvgIpc) is 3.24. The Morgan fingerprint density at radius 2 is 1.69 bits per heavy atom. The van der Waals surface area contributed by atoms with E-state index in [9.17, 15) is 9.59 Å². The molecule has 0 aliphatic rings. The highest BCUT2D eigenvalue weighted by Gasteiger charge is 2.23. The van der Waals surface area contributed by atoms with Crippen LogP contribution in [-0.2, 0) is 9.53 Å². The summed E-state index contributed by atoms with van der Waals surface area (Å²) in [5.74, 6) is 0.739. The molecule has 0 saturated heterocycles. The molecule has 0 atom stereocenters. The molecule has 3 rings (SSSR count). The zero-order valence-electron chi connectivity index (χ0n) is 21.8. The summed E-state index contributed by atoms with van der Waals surface area (Å²) in [6.07, 6.45) is 1.87. The Hall–Kier alpha value is -3.85. The number of hydrogen-bond acceptors (Lipinski definition) is 5.